The number of imidazole rings is 1. The first-order valence-electron chi connectivity index (χ1n) is 10.2. The molecule has 0 saturated heterocycles. The molecule has 3 amide bonds. The highest BCUT2D eigenvalue weighted by molar-refractivity contribution is 7.80. The normalized spacial score (nSPS) is 14.4. The van der Waals surface area contributed by atoms with Gasteiger partial charge in [0.2, 0.25) is 17.7 Å². The van der Waals surface area contributed by atoms with E-state index < -0.39 is 47.9 Å². The topological polar surface area (TPSA) is 179 Å². The Morgan fingerprint density at radius 2 is 1.70 bits per heavy atom. The van der Waals surface area contributed by atoms with Crippen molar-refractivity contribution in [3.8, 4) is 0 Å². The maximum absolute atomic E-state index is 12.6. The molecule has 0 spiro atoms. The lowest BCUT2D eigenvalue weighted by Gasteiger charge is -2.22. The summed E-state index contributed by atoms with van der Waals surface area (Å²) in [5.41, 5.74) is 7.26. The van der Waals surface area contributed by atoms with Gasteiger partial charge in [0.1, 0.15) is 18.1 Å². The number of aromatic nitrogens is 2. The van der Waals surface area contributed by atoms with Crippen LogP contribution in [0.15, 0.2) is 42.9 Å². The monoisotopic (exact) mass is 476 g/mol. The fourth-order valence-electron chi connectivity index (χ4n) is 2.92. The molecular formula is C21H28N6O5S. The second-order valence-electron chi connectivity index (χ2n) is 7.45. The Kier molecular flexibility index (Phi) is 9.88. The number of nitrogens with two attached hydrogens (primary N) is 1. The third kappa shape index (κ3) is 8.24. The van der Waals surface area contributed by atoms with E-state index in [1.54, 1.807) is 36.5 Å². The van der Waals surface area contributed by atoms with Gasteiger partial charge in [-0.25, -0.2) is 9.78 Å². The van der Waals surface area contributed by atoms with Crippen LogP contribution in [0.5, 0.6) is 0 Å². The number of amides is 3. The number of benzene rings is 1. The van der Waals surface area contributed by atoms with Crippen LogP contribution in [0, 0.1) is 0 Å². The van der Waals surface area contributed by atoms with Gasteiger partial charge in [0.15, 0.2) is 0 Å². The van der Waals surface area contributed by atoms with E-state index in [1.807, 2.05) is 0 Å². The minimum absolute atomic E-state index is 0.0742. The van der Waals surface area contributed by atoms with E-state index in [0.29, 0.717) is 5.69 Å². The lowest BCUT2D eigenvalue weighted by Crippen LogP contribution is -2.57. The number of rotatable bonds is 12. The number of carbonyl (C=O) groups excluding carboxylic acids is 3. The molecule has 0 bridgehead atoms. The van der Waals surface area contributed by atoms with Crippen molar-refractivity contribution in [2.75, 3.05) is 5.75 Å². The molecule has 2 aromatic rings. The van der Waals surface area contributed by atoms with Crippen LogP contribution in [-0.4, -0.2) is 68.7 Å². The summed E-state index contributed by atoms with van der Waals surface area (Å²) in [5.74, 6) is -3.16. The number of hydrogen-bond donors (Lipinski definition) is 7. The van der Waals surface area contributed by atoms with E-state index >= 15 is 0 Å². The molecule has 0 aliphatic rings. The van der Waals surface area contributed by atoms with Crippen molar-refractivity contribution in [1.82, 2.24) is 25.9 Å². The van der Waals surface area contributed by atoms with Crippen molar-refractivity contribution in [3.05, 3.63) is 54.1 Å². The van der Waals surface area contributed by atoms with Gasteiger partial charge >= 0.3 is 5.97 Å². The van der Waals surface area contributed by atoms with Crippen LogP contribution in [0.4, 0.5) is 0 Å². The van der Waals surface area contributed by atoms with Gasteiger partial charge in [-0.2, -0.15) is 12.6 Å². The van der Waals surface area contributed by atoms with Gasteiger partial charge in [-0.15, -0.1) is 0 Å². The molecule has 1 heterocycles. The zero-order chi connectivity index (χ0) is 24.4. The van der Waals surface area contributed by atoms with E-state index in [1.165, 1.54) is 13.3 Å². The van der Waals surface area contributed by atoms with Crippen LogP contribution < -0.4 is 21.7 Å². The summed E-state index contributed by atoms with van der Waals surface area (Å²) >= 11 is 4.08. The molecule has 1 aromatic heterocycles. The van der Waals surface area contributed by atoms with Gasteiger partial charge < -0.3 is 31.8 Å². The SMILES string of the molecule is CC(NC(=O)C(N)Cc1cnc[nH]1)C(=O)NC(CS)C(=O)NC(Cc1ccccc1)C(=O)O. The first kappa shape index (κ1) is 25.9. The number of carbonyl (C=O) groups is 4. The van der Waals surface area contributed by atoms with Crippen molar-refractivity contribution in [1.29, 1.82) is 0 Å². The van der Waals surface area contributed by atoms with Gasteiger partial charge in [0, 0.05) is 30.5 Å². The molecule has 0 radical (unpaired) electrons. The zero-order valence-electron chi connectivity index (χ0n) is 18.0. The van der Waals surface area contributed by atoms with E-state index in [-0.39, 0.29) is 18.6 Å². The highest BCUT2D eigenvalue weighted by Gasteiger charge is 2.28. The fourth-order valence-corrected chi connectivity index (χ4v) is 3.18. The minimum Gasteiger partial charge on any atom is -0.480 e. The molecule has 4 unspecified atom stereocenters. The first-order chi connectivity index (χ1) is 15.7. The number of carboxylic acid groups (broad SMARTS) is 1. The molecule has 1 aromatic carbocycles. The highest BCUT2D eigenvalue weighted by atomic mass is 32.1. The van der Waals surface area contributed by atoms with Crippen LogP contribution in [0.3, 0.4) is 0 Å². The lowest BCUT2D eigenvalue weighted by atomic mass is 10.1. The smallest absolute Gasteiger partial charge is 0.326 e. The Balaban J connectivity index is 1.90. The molecular weight excluding hydrogens is 448 g/mol. The van der Waals surface area contributed by atoms with Crippen molar-refractivity contribution in [2.24, 2.45) is 5.73 Å². The van der Waals surface area contributed by atoms with Crippen molar-refractivity contribution in [3.63, 3.8) is 0 Å². The van der Waals surface area contributed by atoms with E-state index in [9.17, 15) is 24.3 Å². The standard InChI is InChI=1S/C21H28N6O5S/c1-12(25-19(29)15(22)8-14-9-23-11-24-14)18(28)27-17(10-33)20(30)26-16(21(31)32)7-13-5-3-2-4-6-13/h2-6,9,11-12,15-17,33H,7-8,10,22H2,1H3,(H,23,24)(H,25,29)(H,26,30)(H,27,28)(H,31,32). The predicted molar refractivity (Wildman–Crippen MR) is 123 cm³/mol. The predicted octanol–water partition coefficient (Wildman–Crippen LogP) is -0.989. The third-order valence-corrected chi connectivity index (χ3v) is 5.16. The van der Waals surface area contributed by atoms with Gasteiger partial charge in [-0.3, -0.25) is 14.4 Å². The lowest BCUT2D eigenvalue weighted by molar-refractivity contribution is -0.142. The fraction of sp³-hybridized carbons (Fsp3) is 0.381. The van der Waals surface area contributed by atoms with Crippen molar-refractivity contribution < 1.29 is 24.3 Å². The molecule has 0 aliphatic heterocycles. The molecule has 4 atom stereocenters. The van der Waals surface area contributed by atoms with Crippen LogP contribution in [0.2, 0.25) is 0 Å². The molecule has 7 N–H and O–H groups in total. The molecule has 11 nitrogen and oxygen atoms in total. The van der Waals surface area contributed by atoms with Crippen LogP contribution in [0.25, 0.3) is 0 Å². The quantitative estimate of drug-likeness (QED) is 0.192. The van der Waals surface area contributed by atoms with Gasteiger partial charge in [-0.05, 0) is 12.5 Å². The summed E-state index contributed by atoms with van der Waals surface area (Å²) in [6, 6.07) is 4.66. The summed E-state index contributed by atoms with van der Waals surface area (Å²) in [6.07, 6.45) is 3.30. The summed E-state index contributed by atoms with van der Waals surface area (Å²) < 4.78 is 0. The number of aromatic amines is 1. The molecule has 2 rings (SSSR count). The van der Waals surface area contributed by atoms with E-state index in [4.69, 9.17) is 5.73 Å². The third-order valence-electron chi connectivity index (χ3n) is 4.80. The van der Waals surface area contributed by atoms with Gasteiger partial charge in [0.25, 0.3) is 0 Å². The van der Waals surface area contributed by atoms with Crippen LogP contribution in [0.1, 0.15) is 18.2 Å². The Bertz CT molecular complexity index is 940. The zero-order valence-corrected chi connectivity index (χ0v) is 18.9. The molecule has 33 heavy (non-hydrogen) atoms. The molecule has 0 saturated carbocycles. The largest absolute Gasteiger partial charge is 0.480 e. The Hall–Kier alpha value is -3.38. The highest BCUT2D eigenvalue weighted by Crippen LogP contribution is 2.04. The number of nitrogens with one attached hydrogen (secondary N) is 4. The second-order valence-corrected chi connectivity index (χ2v) is 7.82. The molecule has 0 aliphatic carbocycles. The van der Waals surface area contributed by atoms with E-state index in [0.717, 1.165) is 5.56 Å². The minimum atomic E-state index is -1.21. The molecule has 12 heteroatoms. The first-order valence-corrected chi connectivity index (χ1v) is 10.9. The average molecular weight is 477 g/mol. The second kappa shape index (κ2) is 12.6. The summed E-state index contributed by atoms with van der Waals surface area (Å²) in [4.78, 5) is 55.6. The summed E-state index contributed by atoms with van der Waals surface area (Å²) in [6.45, 7) is 1.44. The van der Waals surface area contributed by atoms with Gasteiger partial charge in [0.05, 0.1) is 12.4 Å². The number of thiol groups is 1. The maximum atomic E-state index is 12.6. The van der Waals surface area contributed by atoms with Crippen LogP contribution >= 0.6 is 12.6 Å². The Morgan fingerprint density at radius 1 is 1.03 bits per heavy atom. The van der Waals surface area contributed by atoms with E-state index in [2.05, 4.69) is 38.5 Å². The average Bonchev–Trinajstić information content (AvgIpc) is 3.30. The molecule has 178 valence electrons. The Labute approximate surface area is 196 Å². The van der Waals surface area contributed by atoms with Crippen LogP contribution in [-0.2, 0) is 32.0 Å². The van der Waals surface area contributed by atoms with Crippen molar-refractivity contribution >= 4 is 36.3 Å². The summed E-state index contributed by atoms with van der Waals surface area (Å²) in [7, 11) is 0. The number of aliphatic carboxylic acids is 1. The van der Waals surface area contributed by atoms with Crippen molar-refractivity contribution in [2.45, 2.75) is 43.9 Å². The number of nitrogens with zero attached hydrogens (tertiary/aromatic N) is 1. The number of H-pyrrole nitrogens is 1. The maximum Gasteiger partial charge on any atom is 0.326 e. The summed E-state index contributed by atoms with van der Waals surface area (Å²) in [5, 5.41) is 16.9. The Morgan fingerprint density at radius 3 is 2.27 bits per heavy atom. The number of carboxylic acids is 1. The number of hydrogen-bond acceptors (Lipinski definition) is 7. The van der Waals surface area contributed by atoms with Gasteiger partial charge in [-0.1, -0.05) is 30.3 Å². The molecule has 0 fully saturated rings.